The van der Waals surface area contributed by atoms with Gasteiger partial charge >= 0.3 is 18.1 Å². The summed E-state index contributed by atoms with van der Waals surface area (Å²) in [4.78, 5) is 42.1. The van der Waals surface area contributed by atoms with Crippen molar-refractivity contribution in [3.05, 3.63) is 96.3 Å². The van der Waals surface area contributed by atoms with Gasteiger partial charge in [-0.1, -0.05) is 42.5 Å². The van der Waals surface area contributed by atoms with E-state index in [-0.39, 0.29) is 6.10 Å². The molecular formula is C33H33F3N4O6. The van der Waals surface area contributed by atoms with Gasteiger partial charge in [0.05, 0.1) is 30.9 Å². The number of aromatic nitrogens is 1. The largest absolute Gasteiger partial charge is 0.491 e. The van der Waals surface area contributed by atoms with Crippen molar-refractivity contribution < 1.29 is 41.8 Å². The summed E-state index contributed by atoms with van der Waals surface area (Å²) in [7, 11) is 0. The average molecular weight is 639 g/mol. The number of hydrogen-bond donors (Lipinski definition) is 2. The Labute approximate surface area is 263 Å². The van der Waals surface area contributed by atoms with Gasteiger partial charge in [-0.05, 0) is 67.6 Å². The second kappa shape index (κ2) is 14.7. The van der Waals surface area contributed by atoms with Gasteiger partial charge in [0.15, 0.2) is 11.5 Å². The third-order valence-electron chi connectivity index (χ3n) is 6.72. The van der Waals surface area contributed by atoms with Crippen molar-refractivity contribution in [1.29, 1.82) is 0 Å². The number of alkyl halides is 3. The standard InChI is InChI=1S/C33H33F3N4O6/c1-4-44-28-17-23(11-13-27(28)45-20(2)3)30(40(37)25-12-10-24-19-38-15-14-22(24)16-25)31(42)39-26(21-8-6-5-7-9-21)18-29(41)46-32(43)33(34,35)36/h5-17,19-20,26,30H,4,18,37H2,1-3H3,(H,39,42)/t26-,30?/m0/s1. The molecule has 0 fully saturated rings. The van der Waals surface area contributed by atoms with Crippen LogP contribution in [0.5, 0.6) is 11.5 Å². The number of hydrogen-bond acceptors (Lipinski definition) is 9. The van der Waals surface area contributed by atoms with Gasteiger partial charge in [-0.15, -0.1) is 0 Å². The van der Waals surface area contributed by atoms with Crippen LogP contribution in [0.2, 0.25) is 0 Å². The number of esters is 2. The molecule has 4 aromatic rings. The third-order valence-corrected chi connectivity index (χ3v) is 6.72. The monoisotopic (exact) mass is 638 g/mol. The quantitative estimate of drug-likeness (QED) is 0.0865. The zero-order valence-corrected chi connectivity index (χ0v) is 25.3. The number of ether oxygens (including phenoxy) is 3. The second-order valence-corrected chi connectivity index (χ2v) is 10.5. The van der Waals surface area contributed by atoms with Crippen LogP contribution in [0.4, 0.5) is 18.9 Å². The highest BCUT2D eigenvalue weighted by atomic mass is 19.4. The molecule has 242 valence electrons. The molecule has 2 atom stereocenters. The highest BCUT2D eigenvalue weighted by Gasteiger charge is 2.43. The molecule has 0 aliphatic carbocycles. The molecule has 3 N–H and O–H groups in total. The molecule has 3 aromatic carbocycles. The second-order valence-electron chi connectivity index (χ2n) is 10.5. The van der Waals surface area contributed by atoms with Gasteiger partial charge in [-0.2, -0.15) is 13.2 Å². The van der Waals surface area contributed by atoms with Gasteiger partial charge in [0.25, 0.3) is 0 Å². The number of nitrogens with one attached hydrogen (secondary N) is 1. The highest BCUT2D eigenvalue weighted by Crippen LogP contribution is 2.35. The number of anilines is 1. The lowest BCUT2D eigenvalue weighted by Crippen LogP contribution is -2.46. The molecule has 4 rings (SSSR count). The van der Waals surface area contributed by atoms with E-state index in [9.17, 15) is 27.6 Å². The molecule has 46 heavy (non-hydrogen) atoms. The number of carbonyl (C=O) groups excluding carboxylic acids is 3. The Kier molecular flexibility index (Phi) is 10.8. The van der Waals surface area contributed by atoms with Crippen LogP contribution in [0.25, 0.3) is 10.8 Å². The molecule has 0 saturated carbocycles. The summed E-state index contributed by atoms with van der Waals surface area (Å²) in [6.07, 6.45) is -3.02. The van der Waals surface area contributed by atoms with Gasteiger partial charge in [0.1, 0.15) is 6.04 Å². The Morgan fingerprint density at radius 2 is 1.67 bits per heavy atom. The Balaban J connectivity index is 1.74. The van der Waals surface area contributed by atoms with Gasteiger partial charge in [-0.3, -0.25) is 19.6 Å². The fraction of sp³-hybridized carbons (Fsp3) is 0.273. The van der Waals surface area contributed by atoms with Crippen molar-refractivity contribution in [3.63, 3.8) is 0 Å². The van der Waals surface area contributed by atoms with Crippen LogP contribution in [0.1, 0.15) is 50.4 Å². The normalized spacial score (nSPS) is 12.7. The van der Waals surface area contributed by atoms with E-state index >= 15 is 0 Å². The smallest absolute Gasteiger partial charge is 0.490 e. The van der Waals surface area contributed by atoms with Crippen molar-refractivity contribution in [3.8, 4) is 11.5 Å². The van der Waals surface area contributed by atoms with Gasteiger partial charge < -0.3 is 19.5 Å². The lowest BCUT2D eigenvalue weighted by atomic mass is 10.00. The van der Waals surface area contributed by atoms with Crippen molar-refractivity contribution >= 4 is 34.3 Å². The molecule has 0 spiro atoms. The number of amides is 1. The van der Waals surface area contributed by atoms with Crippen LogP contribution in [-0.2, 0) is 19.1 Å². The van der Waals surface area contributed by atoms with Gasteiger partial charge in [0, 0.05) is 17.8 Å². The van der Waals surface area contributed by atoms with Crippen molar-refractivity contribution in [2.75, 3.05) is 11.6 Å². The first kappa shape index (κ1) is 33.7. The summed E-state index contributed by atoms with van der Waals surface area (Å²) in [6.45, 7) is 5.80. The Bertz CT molecular complexity index is 1680. The molecule has 0 bridgehead atoms. The first-order valence-corrected chi connectivity index (χ1v) is 14.4. The predicted molar refractivity (Wildman–Crippen MR) is 164 cm³/mol. The Morgan fingerprint density at radius 3 is 2.35 bits per heavy atom. The van der Waals surface area contributed by atoms with Crippen LogP contribution >= 0.6 is 0 Å². The minimum atomic E-state index is -5.37. The highest BCUT2D eigenvalue weighted by molar-refractivity contribution is 5.91. The maximum atomic E-state index is 14.2. The van der Waals surface area contributed by atoms with E-state index in [4.69, 9.17) is 15.3 Å². The number of nitrogens with two attached hydrogens (primary N) is 1. The fourth-order valence-corrected chi connectivity index (χ4v) is 4.69. The SMILES string of the molecule is CCOc1cc(C(C(=O)N[C@@H](CC(=O)OC(=O)C(F)(F)F)c2ccccc2)N(N)c2ccc3cnccc3c2)ccc1OC(C)C. The summed E-state index contributed by atoms with van der Waals surface area (Å²) in [5.74, 6) is 2.63. The molecule has 0 saturated heterocycles. The first-order chi connectivity index (χ1) is 21.9. The lowest BCUT2D eigenvalue weighted by Gasteiger charge is -2.31. The third kappa shape index (κ3) is 8.51. The molecule has 0 aliphatic heterocycles. The van der Waals surface area contributed by atoms with E-state index < -0.39 is 42.5 Å². The molecule has 1 aromatic heterocycles. The van der Waals surface area contributed by atoms with E-state index in [0.717, 1.165) is 10.8 Å². The minimum absolute atomic E-state index is 0.169. The fourth-order valence-electron chi connectivity index (χ4n) is 4.69. The number of halogens is 3. The van der Waals surface area contributed by atoms with E-state index in [1.807, 2.05) is 13.8 Å². The number of nitrogens with zero attached hydrogens (tertiary/aromatic N) is 2. The summed E-state index contributed by atoms with van der Waals surface area (Å²) < 4.78 is 54.0. The molecule has 0 aliphatic rings. The molecule has 1 amide bonds. The number of rotatable bonds is 12. The van der Waals surface area contributed by atoms with Crippen LogP contribution in [0.15, 0.2) is 85.2 Å². The molecule has 0 radical (unpaired) electrons. The van der Waals surface area contributed by atoms with E-state index in [1.165, 1.54) is 5.01 Å². The number of carbonyl (C=O) groups is 3. The van der Waals surface area contributed by atoms with E-state index in [1.54, 1.807) is 92.1 Å². The zero-order chi connectivity index (χ0) is 33.4. The molecular weight excluding hydrogens is 605 g/mol. The number of pyridine rings is 1. The van der Waals surface area contributed by atoms with Gasteiger partial charge in [-0.25, -0.2) is 10.6 Å². The first-order valence-electron chi connectivity index (χ1n) is 14.4. The Morgan fingerprint density at radius 1 is 0.935 bits per heavy atom. The number of hydrazine groups is 1. The van der Waals surface area contributed by atoms with Crippen molar-refractivity contribution in [2.24, 2.45) is 5.84 Å². The van der Waals surface area contributed by atoms with E-state index in [0.29, 0.717) is 34.9 Å². The summed E-state index contributed by atoms with van der Waals surface area (Å²) in [5, 5.41) is 5.60. The maximum Gasteiger partial charge on any atom is 0.491 e. The molecule has 13 heteroatoms. The average Bonchev–Trinajstić information content (AvgIpc) is 3.01. The zero-order valence-electron chi connectivity index (χ0n) is 25.3. The summed E-state index contributed by atoms with van der Waals surface area (Å²) in [5.41, 5.74) is 1.21. The van der Waals surface area contributed by atoms with Crippen molar-refractivity contribution in [1.82, 2.24) is 10.3 Å². The Hall–Kier alpha value is -5.17. The van der Waals surface area contributed by atoms with E-state index in [2.05, 4.69) is 15.0 Å². The van der Waals surface area contributed by atoms with Gasteiger partial charge in [0.2, 0.25) is 5.91 Å². The van der Waals surface area contributed by atoms with Crippen LogP contribution < -0.4 is 25.6 Å². The molecule has 10 nitrogen and oxygen atoms in total. The molecule has 1 heterocycles. The van der Waals surface area contributed by atoms with Crippen molar-refractivity contribution in [2.45, 2.75) is 51.6 Å². The van der Waals surface area contributed by atoms with Crippen LogP contribution in [-0.4, -0.2) is 41.7 Å². The van der Waals surface area contributed by atoms with Crippen LogP contribution in [0, 0.1) is 0 Å². The topological polar surface area (TPSA) is 133 Å². The minimum Gasteiger partial charge on any atom is -0.490 e. The molecule has 1 unspecified atom stereocenters. The number of benzene rings is 3. The summed E-state index contributed by atoms with van der Waals surface area (Å²) in [6, 6.07) is 17.6. The number of fused-ring (bicyclic) bond motifs is 1. The predicted octanol–water partition coefficient (Wildman–Crippen LogP) is 5.72. The van der Waals surface area contributed by atoms with Crippen LogP contribution in [0.3, 0.4) is 0 Å². The lowest BCUT2D eigenvalue weighted by molar-refractivity contribution is -0.202. The maximum absolute atomic E-state index is 14.2. The summed E-state index contributed by atoms with van der Waals surface area (Å²) >= 11 is 0.